The van der Waals surface area contributed by atoms with Crippen LogP contribution in [0.25, 0.3) is 0 Å². The summed E-state index contributed by atoms with van der Waals surface area (Å²) in [4.78, 5) is 0. The predicted octanol–water partition coefficient (Wildman–Crippen LogP) is 1.22. The average molecular weight is 162 g/mol. The van der Waals surface area contributed by atoms with Gasteiger partial charge in [0.2, 0.25) is 0 Å². The molecule has 0 bridgehead atoms. The summed E-state index contributed by atoms with van der Waals surface area (Å²) in [6.07, 6.45) is 3.00. The third-order valence-corrected chi connectivity index (χ3v) is 3.71. The third kappa shape index (κ3) is 1.51. The summed E-state index contributed by atoms with van der Waals surface area (Å²) >= 11 is 0. The van der Waals surface area contributed by atoms with Crippen LogP contribution in [0.1, 0.15) is 26.7 Å². The smallest absolute Gasteiger partial charge is 0.150 e. The summed E-state index contributed by atoms with van der Waals surface area (Å²) in [5, 5.41) is -0.0532. The van der Waals surface area contributed by atoms with E-state index < -0.39 is 9.84 Å². The Labute approximate surface area is 62.5 Å². The van der Waals surface area contributed by atoms with Gasteiger partial charge in [-0.15, -0.1) is 0 Å². The zero-order chi connectivity index (χ0) is 7.99. The second kappa shape index (κ2) is 1.97. The van der Waals surface area contributed by atoms with Crippen molar-refractivity contribution in [1.82, 2.24) is 0 Å². The minimum Gasteiger partial charge on any atom is -0.229 e. The van der Waals surface area contributed by atoms with Gasteiger partial charge in [0.25, 0.3) is 0 Å². The van der Waals surface area contributed by atoms with E-state index in [0.717, 1.165) is 12.8 Å². The van der Waals surface area contributed by atoms with Crippen LogP contribution in [0.2, 0.25) is 0 Å². The first-order chi connectivity index (χ1) is 4.31. The molecule has 0 aliphatic heterocycles. The molecule has 60 valence electrons. The molecule has 0 heterocycles. The standard InChI is InChI=1S/C7H14O2S/c1-7(2)4-6(5-7)10(3,8)9/h6H,4-5H2,1-3H3. The van der Waals surface area contributed by atoms with Gasteiger partial charge in [0, 0.05) is 6.26 Å². The van der Waals surface area contributed by atoms with Crippen molar-refractivity contribution in [3.05, 3.63) is 0 Å². The Morgan fingerprint density at radius 1 is 1.30 bits per heavy atom. The highest BCUT2D eigenvalue weighted by molar-refractivity contribution is 7.91. The van der Waals surface area contributed by atoms with Crippen LogP contribution in [0.15, 0.2) is 0 Å². The Morgan fingerprint density at radius 3 is 1.80 bits per heavy atom. The Bertz CT molecular complexity index is 218. The monoisotopic (exact) mass is 162 g/mol. The van der Waals surface area contributed by atoms with Crippen LogP contribution >= 0.6 is 0 Å². The van der Waals surface area contributed by atoms with E-state index in [4.69, 9.17) is 0 Å². The summed E-state index contributed by atoms with van der Waals surface area (Å²) in [6.45, 7) is 4.21. The van der Waals surface area contributed by atoms with E-state index in [1.807, 2.05) is 0 Å². The quantitative estimate of drug-likeness (QED) is 0.581. The first kappa shape index (κ1) is 8.05. The fourth-order valence-corrected chi connectivity index (χ4v) is 2.98. The van der Waals surface area contributed by atoms with E-state index in [1.165, 1.54) is 6.26 Å². The largest absolute Gasteiger partial charge is 0.229 e. The lowest BCUT2D eigenvalue weighted by Crippen LogP contribution is -2.40. The van der Waals surface area contributed by atoms with Gasteiger partial charge in [0.05, 0.1) is 5.25 Å². The fourth-order valence-electron chi connectivity index (χ4n) is 1.48. The molecule has 0 N–H and O–H groups in total. The zero-order valence-corrected chi connectivity index (χ0v) is 7.53. The van der Waals surface area contributed by atoms with Gasteiger partial charge < -0.3 is 0 Å². The van der Waals surface area contributed by atoms with E-state index >= 15 is 0 Å². The Balaban J connectivity index is 2.57. The normalized spacial score (nSPS) is 25.9. The molecule has 0 atom stereocenters. The first-order valence-electron chi connectivity index (χ1n) is 3.50. The molecular formula is C7H14O2S. The Hall–Kier alpha value is -0.0500. The van der Waals surface area contributed by atoms with Gasteiger partial charge in [-0.2, -0.15) is 0 Å². The second-order valence-electron chi connectivity index (χ2n) is 4.02. The Kier molecular flexibility index (Phi) is 1.59. The lowest BCUT2D eigenvalue weighted by atomic mass is 9.72. The summed E-state index contributed by atoms with van der Waals surface area (Å²) in [5.41, 5.74) is 0.272. The maximum atomic E-state index is 10.9. The predicted molar refractivity (Wildman–Crippen MR) is 41.6 cm³/mol. The van der Waals surface area contributed by atoms with Crippen molar-refractivity contribution in [3.63, 3.8) is 0 Å². The minimum absolute atomic E-state index is 0.0532. The van der Waals surface area contributed by atoms with Crippen molar-refractivity contribution >= 4 is 9.84 Å². The van der Waals surface area contributed by atoms with Crippen LogP contribution < -0.4 is 0 Å². The molecule has 1 aliphatic rings. The summed E-state index contributed by atoms with van der Waals surface area (Å²) < 4.78 is 21.8. The molecule has 0 radical (unpaired) electrons. The molecule has 1 aliphatic carbocycles. The van der Waals surface area contributed by atoms with E-state index in [9.17, 15) is 8.42 Å². The van der Waals surface area contributed by atoms with Crippen molar-refractivity contribution in [2.24, 2.45) is 5.41 Å². The molecule has 1 fully saturated rings. The molecule has 10 heavy (non-hydrogen) atoms. The molecule has 1 saturated carbocycles. The second-order valence-corrected chi connectivity index (χ2v) is 6.35. The summed E-state index contributed by atoms with van der Waals surface area (Å²) in [7, 11) is -2.74. The number of hydrogen-bond donors (Lipinski definition) is 0. The highest BCUT2D eigenvalue weighted by Gasteiger charge is 2.41. The lowest BCUT2D eigenvalue weighted by Gasteiger charge is -2.41. The topological polar surface area (TPSA) is 34.1 Å². The van der Waals surface area contributed by atoms with Crippen molar-refractivity contribution < 1.29 is 8.42 Å². The fraction of sp³-hybridized carbons (Fsp3) is 1.00. The summed E-state index contributed by atoms with van der Waals surface area (Å²) in [6, 6.07) is 0. The SMILES string of the molecule is CC1(C)CC(S(C)(=O)=O)C1. The van der Waals surface area contributed by atoms with Gasteiger partial charge in [-0.1, -0.05) is 13.8 Å². The molecule has 0 amide bonds. The van der Waals surface area contributed by atoms with E-state index in [0.29, 0.717) is 0 Å². The molecule has 0 spiro atoms. The van der Waals surface area contributed by atoms with Gasteiger partial charge in [0.1, 0.15) is 9.84 Å². The van der Waals surface area contributed by atoms with Gasteiger partial charge in [0.15, 0.2) is 0 Å². The first-order valence-corrected chi connectivity index (χ1v) is 5.46. The van der Waals surface area contributed by atoms with Gasteiger partial charge in [-0.3, -0.25) is 0 Å². The van der Waals surface area contributed by atoms with Crippen molar-refractivity contribution in [2.45, 2.75) is 31.9 Å². The maximum Gasteiger partial charge on any atom is 0.150 e. The molecule has 0 aromatic carbocycles. The third-order valence-electron chi connectivity index (χ3n) is 2.17. The molecular weight excluding hydrogens is 148 g/mol. The van der Waals surface area contributed by atoms with Crippen LogP contribution in [-0.4, -0.2) is 19.9 Å². The van der Waals surface area contributed by atoms with Gasteiger partial charge >= 0.3 is 0 Å². The zero-order valence-electron chi connectivity index (χ0n) is 6.72. The number of sulfone groups is 1. The van der Waals surface area contributed by atoms with Crippen molar-refractivity contribution in [1.29, 1.82) is 0 Å². The van der Waals surface area contributed by atoms with Crippen LogP contribution in [0.4, 0.5) is 0 Å². The minimum atomic E-state index is -2.74. The maximum absolute atomic E-state index is 10.9. The van der Waals surface area contributed by atoms with E-state index in [1.54, 1.807) is 0 Å². The van der Waals surface area contributed by atoms with Gasteiger partial charge in [-0.25, -0.2) is 8.42 Å². The summed E-state index contributed by atoms with van der Waals surface area (Å²) in [5.74, 6) is 0. The van der Waals surface area contributed by atoms with Crippen molar-refractivity contribution in [3.8, 4) is 0 Å². The van der Waals surface area contributed by atoms with Crippen LogP contribution in [0, 0.1) is 5.41 Å². The molecule has 0 aromatic heterocycles. The number of hydrogen-bond acceptors (Lipinski definition) is 2. The molecule has 0 aromatic rings. The van der Waals surface area contributed by atoms with Crippen LogP contribution in [-0.2, 0) is 9.84 Å². The highest BCUT2D eigenvalue weighted by atomic mass is 32.2. The molecule has 3 heteroatoms. The van der Waals surface area contributed by atoms with Crippen LogP contribution in [0.3, 0.4) is 0 Å². The van der Waals surface area contributed by atoms with E-state index in [-0.39, 0.29) is 10.7 Å². The van der Waals surface area contributed by atoms with E-state index in [2.05, 4.69) is 13.8 Å². The molecule has 0 saturated heterocycles. The average Bonchev–Trinajstić information content (AvgIpc) is 1.56. The van der Waals surface area contributed by atoms with Gasteiger partial charge in [-0.05, 0) is 18.3 Å². The van der Waals surface area contributed by atoms with Crippen LogP contribution in [0.5, 0.6) is 0 Å². The molecule has 0 unspecified atom stereocenters. The molecule has 2 nitrogen and oxygen atoms in total. The lowest BCUT2D eigenvalue weighted by molar-refractivity contribution is 0.194. The molecule has 1 rings (SSSR count). The van der Waals surface area contributed by atoms with Crippen molar-refractivity contribution in [2.75, 3.05) is 6.26 Å². The highest BCUT2D eigenvalue weighted by Crippen LogP contribution is 2.43. The number of rotatable bonds is 1. The Morgan fingerprint density at radius 2 is 1.70 bits per heavy atom.